The van der Waals surface area contributed by atoms with E-state index >= 15 is 0 Å². The predicted molar refractivity (Wildman–Crippen MR) is 121 cm³/mol. The summed E-state index contributed by atoms with van der Waals surface area (Å²) in [6.07, 6.45) is 1.01. The lowest BCUT2D eigenvalue weighted by atomic mass is 9.75. The second-order valence-electron chi connectivity index (χ2n) is 9.06. The fourth-order valence-electron chi connectivity index (χ4n) is 4.73. The molecule has 0 atom stereocenters. The molecule has 2 aromatic rings. The van der Waals surface area contributed by atoms with Crippen LogP contribution < -0.4 is 4.90 Å². The Hall–Kier alpha value is -2.87. The number of carbonyl (C=O) groups excluding carboxylic acids is 2. The van der Waals surface area contributed by atoms with Crippen molar-refractivity contribution in [3.8, 4) is 0 Å². The van der Waals surface area contributed by atoms with Gasteiger partial charge in [-0.3, -0.25) is 4.79 Å². The summed E-state index contributed by atoms with van der Waals surface area (Å²) in [4.78, 5) is 34.2. The number of anilines is 1. The molecule has 1 aromatic carbocycles. The average molecular weight is 441 g/mol. The monoisotopic (exact) mass is 440 g/mol. The molecule has 0 aliphatic carbocycles. The number of aryl methyl sites for hydroxylation is 1. The topological polar surface area (TPSA) is 87.9 Å². The maximum atomic E-state index is 13.7. The van der Waals surface area contributed by atoms with Crippen molar-refractivity contribution in [2.45, 2.75) is 65.1 Å². The zero-order valence-electron chi connectivity index (χ0n) is 19.3. The number of hydrogen-bond acceptors (Lipinski definition) is 5. The molecule has 1 saturated heterocycles. The molecular weight excluding hydrogens is 408 g/mol. The maximum absolute atomic E-state index is 13.7. The Morgan fingerprint density at radius 3 is 2.62 bits per heavy atom. The Morgan fingerprint density at radius 2 is 1.94 bits per heavy atom. The third kappa shape index (κ3) is 3.66. The zero-order chi connectivity index (χ0) is 23.0. The molecule has 1 fully saturated rings. The summed E-state index contributed by atoms with van der Waals surface area (Å²) in [5.74, 6) is 0.848. The van der Waals surface area contributed by atoms with E-state index < -0.39 is 5.41 Å². The molecule has 1 N–H and O–H groups in total. The third-order valence-electron chi connectivity index (χ3n) is 6.51. The number of benzene rings is 1. The largest absolute Gasteiger partial charge is 0.447 e. The van der Waals surface area contributed by atoms with E-state index in [0.717, 1.165) is 47.8 Å². The second-order valence-corrected chi connectivity index (χ2v) is 9.06. The lowest BCUT2D eigenvalue weighted by Crippen LogP contribution is -2.65. The van der Waals surface area contributed by atoms with Gasteiger partial charge in [0.25, 0.3) is 0 Å². The second kappa shape index (κ2) is 8.58. The highest BCUT2D eigenvalue weighted by Gasteiger charge is 2.59. The molecule has 3 heterocycles. The van der Waals surface area contributed by atoms with Crippen LogP contribution in [0.5, 0.6) is 0 Å². The van der Waals surface area contributed by atoms with E-state index in [9.17, 15) is 9.59 Å². The van der Waals surface area contributed by atoms with E-state index in [1.165, 1.54) is 0 Å². The Labute approximate surface area is 188 Å². The number of unbranched alkanes of at least 4 members (excludes halogenated alkanes) is 1. The van der Waals surface area contributed by atoms with Gasteiger partial charge in [0.2, 0.25) is 5.91 Å². The van der Waals surface area contributed by atoms with Crippen LogP contribution in [0.1, 0.15) is 49.5 Å². The molecule has 0 bridgehead atoms. The van der Waals surface area contributed by atoms with E-state index in [4.69, 9.17) is 14.8 Å². The number of aliphatic hydroxyl groups excluding tert-OH is 1. The predicted octanol–water partition coefficient (Wildman–Crippen LogP) is 2.92. The molecule has 2 aliphatic rings. The smallest absolute Gasteiger partial charge is 0.410 e. The van der Waals surface area contributed by atoms with Crippen molar-refractivity contribution in [1.29, 1.82) is 0 Å². The molecule has 0 radical (unpaired) electrons. The Bertz CT molecular complexity index is 1020. The van der Waals surface area contributed by atoms with E-state index in [-0.39, 0.29) is 24.7 Å². The molecule has 1 aromatic heterocycles. The highest BCUT2D eigenvalue weighted by Crippen LogP contribution is 2.48. The van der Waals surface area contributed by atoms with Gasteiger partial charge in [-0.05, 0) is 52.2 Å². The number of hydrogen-bond donors (Lipinski definition) is 1. The Balaban J connectivity index is 1.59. The summed E-state index contributed by atoms with van der Waals surface area (Å²) in [6, 6.07) is 7.83. The van der Waals surface area contributed by atoms with Crippen LogP contribution in [0.15, 0.2) is 24.3 Å². The standard InChI is InChI=1S/C24H32N4O4/c1-16(2)32-23(31)26-14-24(15-26)19-9-5-6-10-20(19)28(22(24)30)13-21-25-17(3)18(4)27(21)11-7-8-12-29/h5-6,9-10,16,29H,7-8,11-15H2,1-4H3. The SMILES string of the molecule is Cc1nc(CN2C(=O)C3(CN(C(=O)OC(C)C)C3)c3ccccc32)n(CCCCO)c1C. The number of aliphatic hydroxyl groups is 1. The molecule has 2 aliphatic heterocycles. The van der Waals surface area contributed by atoms with Crippen molar-refractivity contribution in [3.63, 3.8) is 0 Å². The number of ether oxygens (including phenoxy) is 1. The minimum atomic E-state index is -0.717. The summed E-state index contributed by atoms with van der Waals surface area (Å²) in [5, 5.41) is 9.15. The number of likely N-dealkylation sites (tertiary alicyclic amines) is 1. The highest BCUT2D eigenvalue weighted by atomic mass is 16.6. The summed E-state index contributed by atoms with van der Waals surface area (Å²) in [7, 11) is 0. The van der Waals surface area contributed by atoms with Gasteiger partial charge in [-0.1, -0.05) is 18.2 Å². The van der Waals surface area contributed by atoms with Crippen molar-refractivity contribution in [2.24, 2.45) is 0 Å². The minimum absolute atomic E-state index is 0.00695. The molecule has 2 amide bonds. The number of nitrogens with zero attached hydrogens (tertiary/aromatic N) is 4. The van der Waals surface area contributed by atoms with Gasteiger partial charge in [0.1, 0.15) is 11.2 Å². The van der Waals surface area contributed by atoms with E-state index in [1.54, 1.807) is 4.90 Å². The number of rotatable bonds is 7. The zero-order valence-corrected chi connectivity index (χ0v) is 19.3. The van der Waals surface area contributed by atoms with Crippen molar-refractivity contribution >= 4 is 17.7 Å². The van der Waals surface area contributed by atoms with Crippen LogP contribution in [0.3, 0.4) is 0 Å². The maximum Gasteiger partial charge on any atom is 0.410 e. The van der Waals surface area contributed by atoms with E-state index in [2.05, 4.69) is 4.57 Å². The van der Waals surface area contributed by atoms with Gasteiger partial charge in [0, 0.05) is 37.6 Å². The Kier molecular flexibility index (Phi) is 5.99. The van der Waals surface area contributed by atoms with Crippen LogP contribution in [-0.2, 0) is 28.0 Å². The van der Waals surface area contributed by atoms with Gasteiger partial charge in [0.05, 0.1) is 18.3 Å². The van der Waals surface area contributed by atoms with Gasteiger partial charge in [0.15, 0.2) is 0 Å². The summed E-state index contributed by atoms with van der Waals surface area (Å²) >= 11 is 0. The fourth-order valence-corrected chi connectivity index (χ4v) is 4.73. The first-order valence-electron chi connectivity index (χ1n) is 11.3. The number of aromatic nitrogens is 2. The minimum Gasteiger partial charge on any atom is -0.447 e. The van der Waals surface area contributed by atoms with Crippen LogP contribution in [-0.4, -0.2) is 57.4 Å². The van der Waals surface area contributed by atoms with Crippen LogP contribution in [0, 0.1) is 13.8 Å². The first-order valence-corrected chi connectivity index (χ1v) is 11.3. The van der Waals surface area contributed by atoms with E-state index in [0.29, 0.717) is 19.6 Å². The third-order valence-corrected chi connectivity index (χ3v) is 6.51. The van der Waals surface area contributed by atoms with Gasteiger partial charge in [-0.15, -0.1) is 0 Å². The Morgan fingerprint density at radius 1 is 1.22 bits per heavy atom. The van der Waals surface area contributed by atoms with Crippen LogP contribution in [0.25, 0.3) is 0 Å². The molecule has 0 unspecified atom stereocenters. The first-order chi connectivity index (χ1) is 15.3. The number of amides is 2. The summed E-state index contributed by atoms with van der Waals surface area (Å²) in [5.41, 5.74) is 3.16. The quantitative estimate of drug-likeness (QED) is 0.669. The lowest BCUT2D eigenvalue weighted by Gasteiger charge is -2.46. The number of imidazole rings is 1. The van der Waals surface area contributed by atoms with Gasteiger partial charge >= 0.3 is 6.09 Å². The number of para-hydroxylation sites is 1. The molecule has 1 spiro atoms. The number of fused-ring (bicyclic) bond motifs is 2. The normalized spacial score (nSPS) is 16.6. The van der Waals surface area contributed by atoms with Crippen molar-refractivity contribution in [3.05, 3.63) is 47.0 Å². The van der Waals surface area contributed by atoms with Crippen molar-refractivity contribution < 1.29 is 19.4 Å². The molecule has 4 rings (SSSR count). The summed E-state index contributed by atoms with van der Waals surface area (Å²) in [6.45, 7) is 9.60. The van der Waals surface area contributed by atoms with Crippen LogP contribution in [0.4, 0.5) is 10.5 Å². The van der Waals surface area contributed by atoms with Crippen molar-refractivity contribution in [2.75, 3.05) is 24.6 Å². The van der Waals surface area contributed by atoms with Gasteiger partial charge in [-0.25, -0.2) is 9.78 Å². The number of carbonyl (C=O) groups is 2. The van der Waals surface area contributed by atoms with Gasteiger partial charge in [-0.2, -0.15) is 0 Å². The molecule has 0 saturated carbocycles. The van der Waals surface area contributed by atoms with Gasteiger partial charge < -0.3 is 24.2 Å². The fraction of sp³-hybridized carbons (Fsp3) is 0.542. The van der Waals surface area contributed by atoms with Crippen LogP contribution in [0.2, 0.25) is 0 Å². The molecule has 8 heteroatoms. The van der Waals surface area contributed by atoms with Crippen LogP contribution >= 0.6 is 0 Å². The lowest BCUT2D eigenvalue weighted by molar-refractivity contribution is -0.128. The van der Waals surface area contributed by atoms with E-state index in [1.807, 2.05) is 56.9 Å². The summed E-state index contributed by atoms with van der Waals surface area (Å²) < 4.78 is 7.46. The highest BCUT2D eigenvalue weighted by molar-refractivity contribution is 6.09. The first kappa shape index (κ1) is 22.3. The molecule has 172 valence electrons. The molecule has 32 heavy (non-hydrogen) atoms. The molecule has 8 nitrogen and oxygen atoms in total. The average Bonchev–Trinajstić information content (AvgIpc) is 3.12. The molecular formula is C24H32N4O4. The van der Waals surface area contributed by atoms with Crippen molar-refractivity contribution in [1.82, 2.24) is 14.5 Å².